The van der Waals surface area contributed by atoms with Crippen LogP contribution in [0.25, 0.3) is 0 Å². The number of carboxylic acids is 1. The number of rotatable bonds is 7. The number of nitrogens with zero attached hydrogens (tertiary/aromatic N) is 2. The lowest BCUT2D eigenvalue weighted by molar-refractivity contribution is -0.160. The maximum atomic E-state index is 12.5. The number of carboxylic acid groups (broad SMARTS) is 1. The Labute approximate surface area is 156 Å². The molecule has 142 valence electrons. The van der Waals surface area contributed by atoms with Gasteiger partial charge in [-0.1, -0.05) is 11.7 Å². The molecule has 1 saturated carbocycles. The van der Waals surface area contributed by atoms with Gasteiger partial charge in [-0.2, -0.15) is 0 Å². The largest absolute Gasteiger partial charge is 0.480 e. The second-order valence-electron chi connectivity index (χ2n) is 7.51. The first-order valence-electron chi connectivity index (χ1n) is 8.53. The van der Waals surface area contributed by atoms with Crippen LogP contribution in [0.4, 0.5) is 0 Å². The molecule has 2 N–H and O–H groups in total. The number of β-lactam (4-membered cyclic amide) rings is 1. The second kappa shape index (κ2) is 6.61. The number of hydrogen-bond donors (Lipinski definition) is 2. The zero-order chi connectivity index (χ0) is 19.2. The quantitative estimate of drug-likeness (QED) is 0.387. The van der Waals surface area contributed by atoms with E-state index < -0.39 is 40.0 Å². The summed E-state index contributed by atoms with van der Waals surface area (Å²) in [5.41, 5.74) is 0.485. The lowest BCUT2D eigenvalue weighted by Gasteiger charge is -2.43. The number of aliphatic carboxylic acids is 1. The van der Waals surface area contributed by atoms with Crippen LogP contribution < -0.4 is 5.32 Å². The molecule has 0 aromatic rings. The Morgan fingerprint density at radius 2 is 2.12 bits per heavy atom. The summed E-state index contributed by atoms with van der Waals surface area (Å²) in [4.78, 5) is 43.0. The Balaban J connectivity index is 1.67. The van der Waals surface area contributed by atoms with Crippen LogP contribution in [0.2, 0.25) is 0 Å². The molecule has 2 amide bonds. The Morgan fingerprint density at radius 1 is 1.46 bits per heavy atom. The Kier molecular flexibility index (Phi) is 4.76. The van der Waals surface area contributed by atoms with Gasteiger partial charge >= 0.3 is 5.97 Å². The summed E-state index contributed by atoms with van der Waals surface area (Å²) in [6.07, 6.45) is 2.21. The number of fused-ring (bicyclic) bond motifs is 1. The number of nitrogens with one attached hydrogen (secondary N) is 1. The van der Waals surface area contributed by atoms with E-state index in [4.69, 9.17) is 4.84 Å². The zero-order valence-corrected chi connectivity index (χ0v) is 15.8. The first-order chi connectivity index (χ1) is 12.1. The summed E-state index contributed by atoms with van der Waals surface area (Å²) >= 11 is 1.37. The van der Waals surface area contributed by atoms with E-state index in [0.717, 1.165) is 12.8 Å². The fraction of sp³-hybridized carbons (Fsp3) is 0.647. The van der Waals surface area contributed by atoms with Crippen molar-refractivity contribution in [3.8, 4) is 0 Å². The van der Waals surface area contributed by atoms with Gasteiger partial charge in [0.1, 0.15) is 24.1 Å². The highest BCUT2D eigenvalue weighted by molar-refractivity contribution is 8.01. The third kappa shape index (κ3) is 3.32. The molecule has 3 rings (SSSR count). The van der Waals surface area contributed by atoms with Gasteiger partial charge in [0.05, 0.1) is 0 Å². The molecule has 2 heterocycles. The van der Waals surface area contributed by atoms with E-state index >= 15 is 0 Å². The molecule has 0 spiro atoms. The van der Waals surface area contributed by atoms with Crippen LogP contribution in [0.3, 0.4) is 0 Å². The summed E-state index contributed by atoms with van der Waals surface area (Å²) in [5.74, 6) is -1.47. The Hall–Kier alpha value is -2.03. The van der Waals surface area contributed by atoms with Gasteiger partial charge in [-0.15, -0.1) is 11.8 Å². The van der Waals surface area contributed by atoms with E-state index in [1.165, 1.54) is 16.7 Å². The highest BCUT2D eigenvalue weighted by Gasteiger charge is 2.64. The molecule has 3 aliphatic rings. The number of thioether (sulfide) groups is 1. The van der Waals surface area contributed by atoms with Crippen LogP contribution in [-0.2, 0) is 19.2 Å². The van der Waals surface area contributed by atoms with Crippen LogP contribution in [0.1, 0.15) is 33.6 Å². The van der Waals surface area contributed by atoms with Crippen molar-refractivity contribution >= 4 is 35.3 Å². The maximum Gasteiger partial charge on any atom is 0.327 e. The summed E-state index contributed by atoms with van der Waals surface area (Å²) in [6.45, 7) is 9.41. The van der Waals surface area contributed by atoms with E-state index in [0.29, 0.717) is 18.1 Å². The fourth-order valence-corrected chi connectivity index (χ4v) is 4.79. The van der Waals surface area contributed by atoms with Gasteiger partial charge in [0.25, 0.3) is 5.91 Å². The fourth-order valence-electron chi connectivity index (χ4n) is 3.16. The van der Waals surface area contributed by atoms with Crippen molar-refractivity contribution in [1.29, 1.82) is 0 Å². The standard InChI is InChI=1S/C17H23N3O5S/c1-8(2)10(19-25-7-9-5-6-9)13(21)18-11-14(22)20-12(16(23)24)17(3,4)26-15(11)20/h9,11-12,15H,1,5-7H2,2-4H3,(H,18,21)(H,23,24)/b19-10-/t11-,12+,15-/m1/s1. The molecule has 2 saturated heterocycles. The van der Waals surface area contributed by atoms with Crippen molar-refractivity contribution in [3.63, 3.8) is 0 Å². The van der Waals surface area contributed by atoms with Gasteiger partial charge in [-0.05, 0) is 45.1 Å². The molecule has 8 nitrogen and oxygen atoms in total. The van der Waals surface area contributed by atoms with Crippen LogP contribution in [0, 0.1) is 5.92 Å². The second-order valence-corrected chi connectivity index (χ2v) is 9.28. The monoisotopic (exact) mass is 381 g/mol. The normalized spacial score (nSPS) is 29.7. The molecule has 0 bridgehead atoms. The zero-order valence-electron chi connectivity index (χ0n) is 15.0. The molecule has 1 aliphatic carbocycles. The molecule has 0 aromatic heterocycles. The molecule has 0 aromatic carbocycles. The number of carbonyl (C=O) groups excluding carboxylic acids is 2. The van der Waals surface area contributed by atoms with E-state index in [1.807, 2.05) is 0 Å². The lowest BCUT2D eigenvalue weighted by atomic mass is 9.96. The predicted octanol–water partition coefficient (Wildman–Crippen LogP) is 0.977. The van der Waals surface area contributed by atoms with E-state index in [9.17, 15) is 19.5 Å². The molecule has 3 fully saturated rings. The van der Waals surface area contributed by atoms with Crippen molar-refractivity contribution in [2.24, 2.45) is 11.1 Å². The smallest absolute Gasteiger partial charge is 0.327 e. The average Bonchev–Trinajstić information content (AvgIpc) is 3.31. The highest BCUT2D eigenvalue weighted by Crippen LogP contribution is 2.50. The third-order valence-corrected chi connectivity index (χ3v) is 6.32. The summed E-state index contributed by atoms with van der Waals surface area (Å²) in [6, 6.07) is -1.68. The van der Waals surface area contributed by atoms with Crippen LogP contribution in [-0.4, -0.2) is 62.3 Å². The van der Waals surface area contributed by atoms with Crippen LogP contribution >= 0.6 is 11.8 Å². The molecule has 9 heteroatoms. The van der Waals surface area contributed by atoms with Crippen LogP contribution in [0.5, 0.6) is 0 Å². The molecule has 2 aliphatic heterocycles. The number of oxime groups is 1. The number of amides is 2. The van der Waals surface area contributed by atoms with Gasteiger partial charge in [0.15, 0.2) is 5.71 Å². The molecular weight excluding hydrogens is 358 g/mol. The minimum absolute atomic E-state index is 0.0499. The molecule has 26 heavy (non-hydrogen) atoms. The summed E-state index contributed by atoms with van der Waals surface area (Å²) in [7, 11) is 0. The van der Waals surface area contributed by atoms with E-state index in [-0.39, 0.29) is 5.71 Å². The van der Waals surface area contributed by atoms with Crippen molar-refractivity contribution < 1.29 is 24.3 Å². The molecule has 0 unspecified atom stereocenters. The maximum absolute atomic E-state index is 12.5. The van der Waals surface area contributed by atoms with Crippen molar-refractivity contribution in [1.82, 2.24) is 10.2 Å². The van der Waals surface area contributed by atoms with Gasteiger partial charge in [0, 0.05) is 4.75 Å². The minimum Gasteiger partial charge on any atom is -0.480 e. The number of carbonyl (C=O) groups is 3. The van der Waals surface area contributed by atoms with Gasteiger partial charge < -0.3 is 20.2 Å². The molecule has 3 atom stereocenters. The first kappa shape index (κ1) is 18.8. The Bertz CT molecular complexity index is 701. The molecular formula is C17H23N3O5S. The third-order valence-electron chi connectivity index (χ3n) is 4.74. The SMILES string of the molecule is C=C(C)/C(=N/OCC1CC1)C(=O)N[C@@H]1C(=O)N2[C@@H]1SC(C)(C)[C@@H]2C(=O)O. The number of hydrogen-bond acceptors (Lipinski definition) is 6. The van der Waals surface area contributed by atoms with Gasteiger partial charge in [-0.25, -0.2) is 4.79 Å². The van der Waals surface area contributed by atoms with E-state index in [2.05, 4.69) is 17.1 Å². The van der Waals surface area contributed by atoms with Crippen molar-refractivity contribution in [2.75, 3.05) is 6.61 Å². The van der Waals surface area contributed by atoms with Crippen LogP contribution in [0.15, 0.2) is 17.3 Å². The average molecular weight is 381 g/mol. The highest BCUT2D eigenvalue weighted by atomic mass is 32.2. The molecule has 0 radical (unpaired) electrons. The summed E-state index contributed by atoms with van der Waals surface area (Å²) in [5, 5.41) is 15.6. The summed E-state index contributed by atoms with van der Waals surface area (Å²) < 4.78 is -0.635. The lowest BCUT2D eigenvalue weighted by Crippen LogP contribution is -2.71. The van der Waals surface area contributed by atoms with E-state index in [1.54, 1.807) is 20.8 Å². The van der Waals surface area contributed by atoms with Crippen molar-refractivity contribution in [2.45, 2.75) is 55.8 Å². The Morgan fingerprint density at radius 3 is 2.65 bits per heavy atom. The van der Waals surface area contributed by atoms with Gasteiger partial charge in [0.2, 0.25) is 5.91 Å². The van der Waals surface area contributed by atoms with Gasteiger partial charge in [-0.3, -0.25) is 9.59 Å². The minimum atomic E-state index is -1.04. The first-order valence-corrected chi connectivity index (χ1v) is 9.41. The predicted molar refractivity (Wildman–Crippen MR) is 96.6 cm³/mol. The van der Waals surface area contributed by atoms with Crippen molar-refractivity contribution in [3.05, 3.63) is 12.2 Å². The topological polar surface area (TPSA) is 108 Å².